The number of piperidine rings is 1. The summed E-state index contributed by atoms with van der Waals surface area (Å²) in [5, 5.41) is 16.4. The van der Waals surface area contributed by atoms with Crippen LogP contribution in [-0.4, -0.2) is 59.1 Å². The molecule has 0 spiro atoms. The second-order valence-corrected chi connectivity index (χ2v) is 8.04. The van der Waals surface area contributed by atoms with Crippen molar-refractivity contribution in [3.05, 3.63) is 71.9 Å². The highest BCUT2D eigenvalue weighted by Gasteiger charge is 2.24. The molecule has 0 unspecified atom stereocenters. The molecule has 2 heterocycles. The number of anilines is 1. The van der Waals surface area contributed by atoms with Gasteiger partial charge < -0.3 is 19.9 Å². The minimum absolute atomic E-state index is 0.00645. The van der Waals surface area contributed by atoms with Crippen molar-refractivity contribution in [2.75, 3.05) is 38.7 Å². The fourth-order valence-electron chi connectivity index (χ4n) is 4.20. The fourth-order valence-corrected chi connectivity index (χ4v) is 4.20. The highest BCUT2D eigenvalue weighted by molar-refractivity contribution is 6.05. The number of aliphatic hydroxyl groups is 1. The van der Waals surface area contributed by atoms with Gasteiger partial charge in [-0.1, -0.05) is 24.3 Å². The normalized spacial score (nSPS) is 14.7. The van der Waals surface area contributed by atoms with Crippen molar-refractivity contribution in [2.45, 2.75) is 25.4 Å². The Labute approximate surface area is 193 Å². The summed E-state index contributed by atoms with van der Waals surface area (Å²) in [6, 6.07) is 17.2. The number of hydrogen-bond acceptors (Lipinski definition) is 6. The lowest BCUT2D eigenvalue weighted by Crippen LogP contribution is -2.35. The third kappa shape index (κ3) is 5.71. The summed E-state index contributed by atoms with van der Waals surface area (Å²) in [5.41, 5.74) is 1.68. The molecule has 1 aliphatic heterocycles. The van der Waals surface area contributed by atoms with Gasteiger partial charge in [-0.3, -0.25) is 9.69 Å². The van der Waals surface area contributed by atoms with Crippen LogP contribution in [0.15, 0.2) is 60.8 Å². The minimum Gasteiger partial charge on any atom is -0.496 e. The van der Waals surface area contributed by atoms with Crippen LogP contribution in [0, 0.1) is 0 Å². The molecule has 3 aromatic rings. The van der Waals surface area contributed by atoms with E-state index in [1.54, 1.807) is 25.4 Å². The Hall–Kier alpha value is -3.36. The number of methoxy groups -OCH3 is 1. The zero-order chi connectivity index (χ0) is 23.0. The summed E-state index contributed by atoms with van der Waals surface area (Å²) >= 11 is 0. The number of amides is 1. The largest absolute Gasteiger partial charge is 0.496 e. The van der Waals surface area contributed by atoms with E-state index in [1.165, 1.54) is 5.56 Å². The quantitative estimate of drug-likeness (QED) is 0.520. The number of likely N-dealkylation sites (tertiary alicyclic amines) is 1. The van der Waals surface area contributed by atoms with Gasteiger partial charge in [0.15, 0.2) is 0 Å². The van der Waals surface area contributed by atoms with Crippen LogP contribution in [0.3, 0.4) is 0 Å². The SMILES string of the molecule is COc1ccccc1C(=O)Nc1ccnn1C1CCN(Cc2cccc(OCCO)c2)CC1. The maximum atomic E-state index is 12.8. The molecule has 0 saturated carbocycles. The molecule has 0 radical (unpaired) electrons. The fraction of sp³-hybridized carbons (Fsp3) is 0.360. The molecule has 0 bridgehead atoms. The van der Waals surface area contributed by atoms with Crippen molar-refractivity contribution in [2.24, 2.45) is 0 Å². The second-order valence-electron chi connectivity index (χ2n) is 8.04. The summed E-state index contributed by atoms with van der Waals surface area (Å²) in [6.45, 7) is 3.03. The number of rotatable bonds is 9. The minimum atomic E-state index is -0.213. The third-order valence-electron chi connectivity index (χ3n) is 5.83. The highest BCUT2D eigenvalue weighted by atomic mass is 16.5. The van der Waals surface area contributed by atoms with Crippen LogP contribution in [0.1, 0.15) is 34.8 Å². The van der Waals surface area contributed by atoms with Gasteiger partial charge in [0.25, 0.3) is 5.91 Å². The molecule has 4 rings (SSSR count). The predicted octanol–water partition coefficient (Wildman–Crippen LogP) is 3.35. The van der Waals surface area contributed by atoms with E-state index in [0.29, 0.717) is 23.7 Å². The number of para-hydroxylation sites is 1. The molecule has 0 atom stereocenters. The molecule has 2 N–H and O–H groups in total. The van der Waals surface area contributed by atoms with E-state index in [2.05, 4.69) is 21.4 Å². The van der Waals surface area contributed by atoms with Crippen LogP contribution >= 0.6 is 0 Å². The number of aromatic nitrogens is 2. The lowest BCUT2D eigenvalue weighted by molar-refractivity contribution is 0.102. The average Bonchev–Trinajstić information content (AvgIpc) is 3.31. The van der Waals surface area contributed by atoms with Gasteiger partial charge in [0.2, 0.25) is 0 Å². The van der Waals surface area contributed by atoms with Gasteiger partial charge in [0.1, 0.15) is 23.9 Å². The van der Waals surface area contributed by atoms with Gasteiger partial charge in [-0.15, -0.1) is 0 Å². The second kappa shape index (κ2) is 11.0. The standard InChI is InChI=1S/C25H30N4O4/c1-32-23-8-3-2-7-22(23)25(31)27-24-9-12-26-29(24)20-10-13-28(14-11-20)18-19-5-4-6-21(17-19)33-16-15-30/h2-9,12,17,20,30H,10-11,13-16,18H2,1H3,(H,27,31). The monoisotopic (exact) mass is 450 g/mol. The van der Waals surface area contributed by atoms with E-state index in [4.69, 9.17) is 14.6 Å². The number of nitrogens with zero attached hydrogens (tertiary/aromatic N) is 3. The molecule has 174 valence electrons. The van der Waals surface area contributed by atoms with E-state index >= 15 is 0 Å². The van der Waals surface area contributed by atoms with Crippen LogP contribution < -0.4 is 14.8 Å². The maximum Gasteiger partial charge on any atom is 0.260 e. The van der Waals surface area contributed by atoms with E-state index in [0.717, 1.165) is 38.2 Å². The number of nitrogens with one attached hydrogen (secondary N) is 1. The number of aliphatic hydroxyl groups excluding tert-OH is 1. The first-order chi connectivity index (χ1) is 16.2. The van der Waals surface area contributed by atoms with Crippen LogP contribution in [-0.2, 0) is 6.54 Å². The molecular formula is C25H30N4O4. The smallest absolute Gasteiger partial charge is 0.260 e. The molecule has 1 saturated heterocycles. The Morgan fingerprint density at radius 1 is 1.15 bits per heavy atom. The van der Waals surface area contributed by atoms with E-state index in [1.807, 2.05) is 41.1 Å². The van der Waals surface area contributed by atoms with Crippen molar-refractivity contribution >= 4 is 11.7 Å². The van der Waals surface area contributed by atoms with Gasteiger partial charge in [-0.2, -0.15) is 5.10 Å². The molecule has 1 aromatic heterocycles. The summed E-state index contributed by atoms with van der Waals surface area (Å²) in [4.78, 5) is 15.2. The first kappa shape index (κ1) is 22.8. The summed E-state index contributed by atoms with van der Waals surface area (Å²) in [5.74, 6) is 1.80. The van der Waals surface area contributed by atoms with Gasteiger partial charge in [-0.25, -0.2) is 4.68 Å². The summed E-state index contributed by atoms with van der Waals surface area (Å²) < 4.78 is 12.8. The van der Waals surface area contributed by atoms with Crippen molar-refractivity contribution in [1.82, 2.24) is 14.7 Å². The number of hydrogen-bond donors (Lipinski definition) is 2. The Bertz CT molecular complexity index is 1060. The van der Waals surface area contributed by atoms with Crippen molar-refractivity contribution < 1.29 is 19.4 Å². The van der Waals surface area contributed by atoms with Crippen LogP contribution in [0.2, 0.25) is 0 Å². The molecule has 1 fully saturated rings. The van der Waals surface area contributed by atoms with Crippen molar-refractivity contribution in [3.63, 3.8) is 0 Å². The Kier molecular flexibility index (Phi) is 7.59. The average molecular weight is 451 g/mol. The first-order valence-corrected chi connectivity index (χ1v) is 11.2. The van der Waals surface area contributed by atoms with Crippen LogP contribution in [0.25, 0.3) is 0 Å². The van der Waals surface area contributed by atoms with Crippen molar-refractivity contribution in [1.29, 1.82) is 0 Å². The lowest BCUT2D eigenvalue weighted by Gasteiger charge is -2.32. The number of carbonyl (C=O) groups excluding carboxylic acids is 1. The lowest BCUT2D eigenvalue weighted by atomic mass is 10.0. The predicted molar refractivity (Wildman–Crippen MR) is 126 cm³/mol. The zero-order valence-electron chi connectivity index (χ0n) is 18.8. The molecule has 2 aromatic carbocycles. The molecular weight excluding hydrogens is 420 g/mol. The molecule has 8 heteroatoms. The number of benzene rings is 2. The maximum absolute atomic E-state index is 12.8. The number of ether oxygens (including phenoxy) is 2. The van der Waals surface area contributed by atoms with E-state index < -0.39 is 0 Å². The van der Waals surface area contributed by atoms with Gasteiger partial charge >= 0.3 is 0 Å². The third-order valence-corrected chi connectivity index (χ3v) is 5.83. The molecule has 1 aliphatic rings. The summed E-state index contributed by atoms with van der Waals surface area (Å²) in [6.07, 6.45) is 3.61. The van der Waals surface area contributed by atoms with Crippen LogP contribution in [0.5, 0.6) is 11.5 Å². The molecule has 33 heavy (non-hydrogen) atoms. The molecule has 8 nitrogen and oxygen atoms in total. The zero-order valence-corrected chi connectivity index (χ0v) is 18.8. The van der Waals surface area contributed by atoms with Gasteiger partial charge in [0.05, 0.1) is 31.5 Å². The highest BCUT2D eigenvalue weighted by Crippen LogP contribution is 2.27. The van der Waals surface area contributed by atoms with Gasteiger partial charge in [0, 0.05) is 25.7 Å². The summed E-state index contributed by atoms with van der Waals surface area (Å²) in [7, 11) is 1.56. The topological polar surface area (TPSA) is 88.9 Å². The van der Waals surface area contributed by atoms with Crippen molar-refractivity contribution in [3.8, 4) is 11.5 Å². The first-order valence-electron chi connectivity index (χ1n) is 11.2. The number of carbonyl (C=O) groups is 1. The van der Waals surface area contributed by atoms with Gasteiger partial charge in [-0.05, 0) is 42.7 Å². The Balaban J connectivity index is 1.35. The van der Waals surface area contributed by atoms with E-state index in [-0.39, 0.29) is 18.6 Å². The Morgan fingerprint density at radius 3 is 2.76 bits per heavy atom. The molecule has 1 amide bonds. The molecule has 0 aliphatic carbocycles. The Morgan fingerprint density at radius 2 is 1.97 bits per heavy atom. The van der Waals surface area contributed by atoms with Crippen LogP contribution in [0.4, 0.5) is 5.82 Å². The van der Waals surface area contributed by atoms with E-state index in [9.17, 15) is 4.79 Å².